The van der Waals surface area contributed by atoms with Crippen LogP contribution >= 0.6 is 23.1 Å². The standard InChI is InChI=1S/C23H20FN3O2S2/c1-26(13-15-8-10-17(24)11-9-15)20(28)14-30-23-25-21-18(22(29)27(23)2)12-19(31-21)16-6-4-3-5-7-16/h3-12H,13-14H2,1-2H3. The second-order valence-corrected chi connectivity index (χ2v) is 9.09. The zero-order chi connectivity index (χ0) is 22.0. The van der Waals surface area contributed by atoms with Gasteiger partial charge in [-0.25, -0.2) is 9.37 Å². The van der Waals surface area contributed by atoms with Gasteiger partial charge in [0.1, 0.15) is 10.6 Å². The molecule has 0 aliphatic rings. The maximum atomic E-state index is 13.1. The quantitative estimate of drug-likeness (QED) is 0.317. The molecule has 2 heterocycles. The smallest absolute Gasteiger partial charge is 0.262 e. The third-order valence-electron chi connectivity index (χ3n) is 4.87. The SMILES string of the molecule is CN(Cc1ccc(F)cc1)C(=O)CSc1nc2sc(-c3ccccc3)cc2c(=O)n1C. The molecule has 0 unspecified atom stereocenters. The third kappa shape index (κ3) is 4.70. The molecule has 31 heavy (non-hydrogen) atoms. The summed E-state index contributed by atoms with van der Waals surface area (Å²) >= 11 is 2.71. The first-order valence-electron chi connectivity index (χ1n) is 9.59. The molecule has 1 amide bonds. The van der Waals surface area contributed by atoms with Crippen molar-refractivity contribution >= 4 is 39.2 Å². The minimum absolute atomic E-state index is 0.0974. The average Bonchev–Trinajstić information content (AvgIpc) is 3.21. The van der Waals surface area contributed by atoms with Crippen LogP contribution in [-0.2, 0) is 18.4 Å². The topological polar surface area (TPSA) is 55.2 Å². The van der Waals surface area contributed by atoms with Gasteiger partial charge in [0.25, 0.3) is 5.56 Å². The lowest BCUT2D eigenvalue weighted by Gasteiger charge is -2.17. The lowest BCUT2D eigenvalue weighted by molar-refractivity contribution is -0.127. The Kier molecular flexibility index (Phi) is 6.20. The van der Waals surface area contributed by atoms with Crippen LogP contribution in [0.4, 0.5) is 4.39 Å². The highest BCUT2D eigenvalue weighted by Gasteiger charge is 2.16. The molecule has 2 aromatic carbocycles. The highest BCUT2D eigenvalue weighted by atomic mass is 32.2. The van der Waals surface area contributed by atoms with Gasteiger partial charge in [-0.15, -0.1) is 11.3 Å². The largest absolute Gasteiger partial charge is 0.341 e. The van der Waals surface area contributed by atoms with Gasteiger partial charge >= 0.3 is 0 Å². The fourth-order valence-corrected chi connectivity index (χ4v) is 5.10. The minimum Gasteiger partial charge on any atom is -0.341 e. The maximum Gasteiger partial charge on any atom is 0.262 e. The summed E-state index contributed by atoms with van der Waals surface area (Å²) in [4.78, 5) is 33.3. The number of thiophene rings is 1. The zero-order valence-corrected chi connectivity index (χ0v) is 18.7. The molecule has 0 fully saturated rings. The Morgan fingerprint density at radius 2 is 1.87 bits per heavy atom. The van der Waals surface area contributed by atoms with E-state index in [0.29, 0.717) is 21.9 Å². The number of rotatable bonds is 6. The van der Waals surface area contributed by atoms with E-state index in [9.17, 15) is 14.0 Å². The van der Waals surface area contributed by atoms with Crippen molar-refractivity contribution in [2.24, 2.45) is 7.05 Å². The summed E-state index contributed by atoms with van der Waals surface area (Å²) in [5, 5.41) is 1.08. The van der Waals surface area contributed by atoms with Crippen LogP contribution in [0.25, 0.3) is 20.7 Å². The number of carbonyl (C=O) groups excluding carboxylic acids is 1. The molecule has 4 aromatic rings. The molecule has 8 heteroatoms. The minimum atomic E-state index is -0.306. The van der Waals surface area contributed by atoms with E-state index in [2.05, 4.69) is 4.98 Å². The van der Waals surface area contributed by atoms with Crippen LogP contribution in [-0.4, -0.2) is 33.2 Å². The Morgan fingerprint density at radius 3 is 2.58 bits per heavy atom. The number of aromatic nitrogens is 2. The second kappa shape index (κ2) is 9.03. The van der Waals surface area contributed by atoms with Gasteiger partial charge in [0.2, 0.25) is 5.91 Å². The fraction of sp³-hybridized carbons (Fsp3) is 0.174. The molecule has 0 saturated heterocycles. The molecular formula is C23H20FN3O2S2. The van der Waals surface area contributed by atoms with Gasteiger partial charge in [0, 0.05) is 25.5 Å². The molecule has 0 radical (unpaired) electrons. The van der Waals surface area contributed by atoms with Crippen molar-refractivity contribution in [2.45, 2.75) is 11.7 Å². The first-order chi connectivity index (χ1) is 14.9. The highest BCUT2D eigenvalue weighted by Crippen LogP contribution is 2.31. The molecule has 0 aliphatic carbocycles. The lowest BCUT2D eigenvalue weighted by atomic mass is 10.2. The lowest BCUT2D eigenvalue weighted by Crippen LogP contribution is -2.28. The van der Waals surface area contributed by atoms with Gasteiger partial charge in [0.15, 0.2) is 5.16 Å². The number of carbonyl (C=O) groups is 1. The monoisotopic (exact) mass is 453 g/mol. The molecule has 0 N–H and O–H groups in total. The Balaban J connectivity index is 1.50. The van der Waals surface area contributed by atoms with Crippen molar-refractivity contribution in [1.29, 1.82) is 0 Å². The number of nitrogens with zero attached hydrogens (tertiary/aromatic N) is 3. The van der Waals surface area contributed by atoms with Crippen molar-refractivity contribution in [2.75, 3.05) is 12.8 Å². The number of hydrogen-bond acceptors (Lipinski definition) is 5. The first-order valence-corrected chi connectivity index (χ1v) is 11.4. The summed E-state index contributed by atoms with van der Waals surface area (Å²) in [5.41, 5.74) is 1.76. The van der Waals surface area contributed by atoms with E-state index in [1.54, 1.807) is 31.1 Å². The number of hydrogen-bond donors (Lipinski definition) is 0. The maximum absolute atomic E-state index is 13.1. The summed E-state index contributed by atoms with van der Waals surface area (Å²) < 4.78 is 14.5. The molecular weight excluding hydrogens is 433 g/mol. The predicted octanol–water partition coefficient (Wildman–Crippen LogP) is 4.55. The van der Waals surface area contributed by atoms with Gasteiger partial charge in [-0.3, -0.25) is 14.2 Å². The number of halogens is 1. The highest BCUT2D eigenvalue weighted by molar-refractivity contribution is 7.99. The van der Waals surface area contributed by atoms with Crippen LogP contribution < -0.4 is 5.56 Å². The van der Waals surface area contributed by atoms with E-state index >= 15 is 0 Å². The van der Waals surface area contributed by atoms with Gasteiger partial charge in [-0.1, -0.05) is 54.2 Å². The fourth-order valence-electron chi connectivity index (χ4n) is 3.11. The number of amides is 1. The number of thioether (sulfide) groups is 1. The average molecular weight is 454 g/mol. The Labute approximate surface area is 187 Å². The predicted molar refractivity (Wildman–Crippen MR) is 124 cm³/mol. The van der Waals surface area contributed by atoms with Gasteiger partial charge in [-0.05, 0) is 29.3 Å². The van der Waals surface area contributed by atoms with Gasteiger partial charge in [0.05, 0.1) is 11.1 Å². The Bertz CT molecular complexity index is 1280. The molecule has 0 atom stereocenters. The summed E-state index contributed by atoms with van der Waals surface area (Å²) in [5.74, 6) is -0.250. The normalized spacial score (nSPS) is 11.1. The van der Waals surface area contributed by atoms with Crippen LogP contribution in [0.1, 0.15) is 5.56 Å². The third-order valence-corrected chi connectivity index (χ3v) is 6.97. The molecule has 0 saturated carbocycles. The van der Waals surface area contributed by atoms with E-state index in [1.807, 2.05) is 36.4 Å². The Morgan fingerprint density at radius 1 is 1.16 bits per heavy atom. The van der Waals surface area contributed by atoms with E-state index in [4.69, 9.17) is 0 Å². The van der Waals surface area contributed by atoms with Crippen molar-refractivity contribution in [3.05, 3.63) is 82.4 Å². The van der Waals surface area contributed by atoms with Gasteiger partial charge in [-0.2, -0.15) is 0 Å². The van der Waals surface area contributed by atoms with Crippen LogP contribution in [0.3, 0.4) is 0 Å². The van der Waals surface area contributed by atoms with Crippen molar-refractivity contribution in [3.63, 3.8) is 0 Å². The first kappa shape index (κ1) is 21.3. The van der Waals surface area contributed by atoms with Crippen LogP contribution in [0, 0.1) is 5.82 Å². The van der Waals surface area contributed by atoms with Crippen LogP contribution in [0.15, 0.2) is 70.6 Å². The summed E-state index contributed by atoms with van der Waals surface area (Å²) in [6.45, 7) is 0.385. The number of benzene rings is 2. The van der Waals surface area contributed by atoms with Crippen LogP contribution in [0.2, 0.25) is 0 Å². The molecule has 0 spiro atoms. The van der Waals surface area contributed by atoms with E-state index in [-0.39, 0.29) is 23.0 Å². The molecule has 5 nitrogen and oxygen atoms in total. The molecule has 158 valence electrons. The van der Waals surface area contributed by atoms with Crippen molar-refractivity contribution < 1.29 is 9.18 Å². The molecule has 0 bridgehead atoms. The van der Waals surface area contributed by atoms with E-state index in [0.717, 1.165) is 16.0 Å². The zero-order valence-electron chi connectivity index (χ0n) is 17.0. The summed E-state index contributed by atoms with van der Waals surface area (Å²) in [6.07, 6.45) is 0. The number of fused-ring (bicyclic) bond motifs is 1. The van der Waals surface area contributed by atoms with Crippen LogP contribution in [0.5, 0.6) is 0 Å². The van der Waals surface area contributed by atoms with E-state index < -0.39 is 0 Å². The molecule has 4 rings (SSSR count). The summed E-state index contributed by atoms with van der Waals surface area (Å²) in [7, 11) is 3.37. The second-order valence-electron chi connectivity index (χ2n) is 7.12. The van der Waals surface area contributed by atoms with Gasteiger partial charge < -0.3 is 4.90 Å². The van der Waals surface area contributed by atoms with Crippen molar-refractivity contribution in [3.8, 4) is 10.4 Å². The van der Waals surface area contributed by atoms with E-state index in [1.165, 1.54) is 39.8 Å². The Hall–Kier alpha value is -2.97. The van der Waals surface area contributed by atoms with Crippen molar-refractivity contribution in [1.82, 2.24) is 14.5 Å². The summed E-state index contributed by atoms with van der Waals surface area (Å²) in [6, 6.07) is 17.8. The molecule has 2 aromatic heterocycles. The molecule has 0 aliphatic heterocycles.